The van der Waals surface area contributed by atoms with Crippen LogP contribution in [0.15, 0.2) is 28.8 Å². The zero-order valence-corrected chi connectivity index (χ0v) is 13.0. The quantitative estimate of drug-likeness (QED) is 0.638. The lowest BCUT2D eigenvalue weighted by Gasteiger charge is -2.01. The second-order valence-corrected chi connectivity index (χ2v) is 5.55. The molecule has 96 valence electrons. The second-order valence-electron chi connectivity index (χ2n) is 3.95. The van der Waals surface area contributed by atoms with Crippen molar-refractivity contribution in [1.29, 1.82) is 0 Å². The number of nitrogens with one attached hydrogen (secondary N) is 1. The predicted octanol–water partition coefficient (Wildman–Crippen LogP) is 3.75. The second kappa shape index (κ2) is 6.54. The first-order valence-corrected chi connectivity index (χ1v) is 7.21. The average Bonchev–Trinajstić information content (AvgIpc) is 2.81. The van der Waals surface area contributed by atoms with Gasteiger partial charge in [-0.05, 0) is 60.8 Å². The van der Waals surface area contributed by atoms with Gasteiger partial charge in [-0.15, -0.1) is 0 Å². The Morgan fingerprint density at radius 3 is 3.06 bits per heavy atom. The van der Waals surface area contributed by atoms with Crippen molar-refractivity contribution >= 4 is 34.2 Å². The Labute approximate surface area is 125 Å². The third-order valence-corrected chi connectivity index (χ3v) is 3.74. The molecule has 5 heteroatoms. The number of hydrogen-bond acceptors (Lipinski definition) is 3. The molecular weight excluding hydrogens is 363 g/mol. The van der Waals surface area contributed by atoms with E-state index in [9.17, 15) is 0 Å². The van der Waals surface area contributed by atoms with E-state index in [1.165, 1.54) is 0 Å². The molecule has 0 fully saturated rings. The number of aromatic nitrogens is 1. The van der Waals surface area contributed by atoms with E-state index >= 15 is 0 Å². The fourth-order valence-corrected chi connectivity index (χ4v) is 2.43. The first kappa shape index (κ1) is 13.8. The average molecular weight is 377 g/mol. The van der Waals surface area contributed by atoms with Crippen LogP contribution in [0, 0.1) is 3.57 Å². The highest BCUT2D eigenvalue weighted by Gasteiger charge is 2.10. The SMILES string of the molecule is CNCCCc1ncc(-c2cc(Cl)ccc2I)o1. The van der Waals surface area contributed by atoms with Crippen LogP contribution in [-0.2, 0) is 6.42 Å². The highest BCUT2D eigenvalue weighted by atomic mass is 127. The zero-order valence-electron chi connectivity index (χ0n) is 10.0. The summed E-state index contributed by atoms with van der Waals surface area (Å²) in [5, 5.41) is 3.81. The van der Waals surface area contributed by atoms with Gasteiger partial charge in [0.05, 0.1) is 6.20 Å². The summed E-state index contributed by atoms with van der Waals surface area (Å²) >= 11 is 8.27. The van der Waals surface area contributed by atoms with Crippen LogP contribution in [0.2, 0.25) is 5.02 Å². The molecule has 1 aromatic carbocycles. The Kier molecular flexibility index (Phi) is 5.03. The molecule has 0 aliphatic rings. The predicted molar refractivity (Wildman–Crippen MR) is 81.9 cm³/mol. The Balaban J connectivity index is 2.16. The van der Waals surface area contributed by atoms with Crippen LogP contribution >= 0.6 is 34.2 Å². The van der Waals surface area contributed by atoms with E-state index in [4.69, 9.17) is 16.0 Å². The fraction of sp³-hybridized carbons (Fsp3) is 0.308. The maximum atomic E-state index is 6.00. The van der Waals surface area contributed by atoms with E-state index in [2.05, 4.69) is 32.9 Å². The Morgan fingerprint density at radius 1 is 1.44 bits per heavy atom. The third-order valence-electron chi connectivity index (χ3n) is 2.56. The molecule has 1 heterocycles. The lowest BCUT2D eigenvalue weighted by atomic mass is 10.2. The number of hydrogen-bond donors (Lipinski definition) is 1. The molecule has 0 radical (unpaired) electrons. The van der Waals surface area contributed by atoms with E-state index in [0.29, 0.717) is 5.02 Å². The number of nitrogens with zero attached hydrogens (tertiary/aromatic N) is 1. The highest BCUT2D eigenvalue weighted by molar-refractivity contribution is 14.1. The molecule has 1 aromatic heterocycles. The molecule has 0 aliphatic heterocycles. The number of aryl methyl sites for hydroxylation is 1. The molecule has 0 amide bonds. The van der Waals surface area contributed by atoms with Crippen molar-refractivity contribution in [1.82, 2.24) is 10.3 Å². The van der Waals surface area contributed by atoms with Crippen molar-refractivity contribution in [2.24, 2.45) is 0 Å². The summed E-state index contributed by atoms with van der Waals surface area (Å²) in [7, 11) is 1.94. The normalized spacial score (nSPS) is 10.8. The first-order chi connectivity index (χ1) is 8.70. The Bertz CT molecular complexity index is 527. The summed E-state index contributed by atoms with van der Waals surface area (Å²) in [6.07, 6.45) is 3.63. The van der Waals surface area contributed by atoms with Gasteiger partial charge in [-0.1, -0.05) is 11.6 Å². The number of benzene rings is 1. The van der Waals surface area contributed by atoms with Crippen molar-refractivity contribution in [2.75, 3.05) is 13.6 Å². The zero-order chi connectivity index (χ0) is 13.0. The van der Waals surface area contributed by atoms with Crippen molar-refractivity contribution in [3.63, 3.8) is 0 Å². The summed E-state index contributed by atoms with van der Waals surface area (Å²) in [5.41, 5.74) is 0.996. The van der Waals surface area contributed by atoms with Crippen LogP contribution in [0.3, 0.4) is 0 Å². The van der Waals surface area contributed by atoms with Crippen LogP contribution < -0.4 is 5.32 Å². The monoisotopic (exact) mass is 376 g/mol. The lowest BCUT2D eigenvalue weighted by molar-refractivity contribution is 0.495. The van der Waals surface area contributed by atoms with Gasteiger partial charge in [0.15, 0.2) is 11.7 Å². The van der Waals surface area contributed by atoms with E-state index in [1.807, 2.05) is 25.2 Å². The van der Waals surface area contributed by atoms with Crippen molar-refractivity contribution in [2.45, 2.75) is 12.8 Å². The minimum Gasteiger partial charge on any atom is -0.441 e. The number of halogens is 2. The summed E-state index contributed by atoms with van der Waals surface area (Å²) in [5.74, 6) is 1.55. The van der Waals surface area contributed by atoms with Crippen molar-refractivity contribution in [3.8, 4) is 11.3 Å². The molecule has 18 heavy (non-hydrogen) atoms. The minimum atomic E-state index is 0.707. The van der Waals surface area contributed by atoms with Gasteiger partial charge in [-0.25, -0.2) is 4.98 Å². The van der Waals surface area contributed by atoms with Crippen molar-refractivity contribution < 1.29 is 4.42 Å². The molecule has 1 N–H and O–H groups in total. The van der Waals surface area contributed by atoms with Crippen molar-refractivity contribution in [3.05, 3.63) is 38.9 Å². The summed E-state index contributed by atoms with van der Waals surface area (Å²) < 4.78 is 6.86. The Hall–Kier alpha value is -0.590. The van der Waals surface area contributed by atoms with Crippen LogP contribution in [-0.4, -0.2) is 18.6 Å². The third kappa shape index (κ3) is 3.46. The number of oxazole rings is 1. The van der Waals surface area contributed by atoms with Gasteiger partial charge >= 0.3 is 0 Å². The molecular formula is C13H14ClIN2O. The summed E-state index contributed by atoms with van der Waals surface area (Å²) in [6, 6.07) is 5.75. The van der Waals surface area contributed by atoms with E-state index < -0.39 is 0 Å². The molecule has 0 saturated heterocycles. The minimum absolute atomic E-state index is 0.707. The maximum absolute atomic E-state index is 6.00. The molecule has 0 unspecified atom stereocenters. The molecule has 0 atom stereocenters. The standard InChI is InChI=1S/C13H14ClIN2O/c1-16-6-2-3-13-17-8-12(18-13)10-7-9(14)4-5-11(10)15/h4-5,7-8,16H,2-3,6H2,1H3. The van der Waals surface area contributed by atoms with Gasteiger partial charge in [0.2, 0.25) is 0 Å². The van der Waals surface area contributed by atoms with Crippen LogP contribution in [0.25, 0.3) is 11.3 Å². The van der Waals surface area contributed by atoms with Gasteiger partial charge in [-0.2, -0.15) is 0 Å². The van der Waals surface area contributed by atoms with E-state index in [1.54, 1.807) is 6.20 Å². The van der Waals surface area contributed by atoms with Gasteiger partial charge in [0.1, 0.15) is 0 Å². The van der Waals surface area contributed by atoms with Crippen LogP contribution in [0.5, 0.6) is 0 Å². The van der Waals surface area contributed by atoms with Crippen LogP contribution in [0.4, 0.5) is 0 Å². The molecule has 0 bridgehead atoms. The van der Waals surface area contributed by atoms with Gasteiger partial charge in [0, 0.05) is 20.6 Å². The lowest BCUT2D eigenvalue weighted by Crippen LogP contribution is -2.08. The summed E-state index contributed by atoms with van der Waals surface area (Å²) in [6.45, 7) is 0.965. The first-order valence-electron chi connectivity index (χ1n) is 5.75. The topological polar surface area (TPSA) is 38.1 Å². The van der Waals surface area contributed by atoms with Gasteiger partial charge in [-0.3, -0.25) is 0 Å². The van der Waals surface area contributed by atoms with Crippen LogP contribution in [0.1, 0.15) is 12.3 Å². The van der Waals surface area contributed by atoms with Gasteiger partial charge < -0.3 is 9.73 Å². The summed E-state index contributed by atoms with van der Waals surface area (Å²) in [4.78, 5) is 4.29. The van der Waals surface area contributed by atoms with Gasteiger partial charge in [0.25, 0.3) is 0 Å². The Morgan fingerprint density at radius 2 is 2.28 bits per heavy atom. The molecule has 3 nitrogen and oxygen atoms in total. The van der Waals surface area contributed by atoms with E-state index in [0.717, 1.165) is 40.2 Å². The molecule has 2 aromatic rings. The largest absolute Gasteiger partial charge is 0.441 e. The molecule has 0 aliphatic carbocycles. The molecule has 0 spiro atoms. The smallest absolute Gasteiger partial charge is 0.194 e. The molecule has 2 rings (SSSR count). The highest BCUT2D eigenvalue weighted by Crippen LogP contribution is 2.28. The van der Waals surface area contributed by atoms with E-state index in [-0.39, 0.29) is 0 Å². The fourth-order valence-electron chi connectivity index (χ4n) is 1.65. The number of rotatable bonds is 5. The maximum Gasteiger partial charge on any atom is 0.194 e. The molecule has 0 saturated carbocycles.